The summed E-state index contributed by atoms with van der Waals surface area (Å²) >= 11 is 0. The molecule has 114 valence electrons. The number of benzene rings is 1. The molecule has 0 radical (unpaired) electrons. The SMILES string of the molecule is CCCCCCC(CCCCC)c1ccc(F)cc1F. The van der Waals surface area contributed by atoms with Gasteiger partial charge in [-0.3, -0.25) is 0 Å². The number of halogens is 2. The van der Waals surface area contributed by atoms with Crippen molar-refractivity contribution in [2.45, 2.75) is 77.6 Å². The Labute approximate surface area is 122 Å². The van der Waals surface area contributed by atoms with E-state index < -0.39 is 5.82 Å². The molecule has 0 aliphatic carbocycles. The molecule has 0 aliphatic rings. The average Bonchev–Trinajstić information content (AvgIpc) is 2.42. The molecular weight excluding hydrogens is 254 g/mol. The minimum absolute atomic E-state index is 0.249. The van der Waals surface area contributed by atoms with Crippen molar-refractivity contribution in [1.82, 2.24) is 0 Å². The fraction of sp³-hybridized carbons (Fsp3) is 0.667. The summed E-state index contributed by atoms with van der Waals surface area (Å²) in [6.45, 7) is 4.37. The van der Waals surface area contributed by atoms with Crippen LogP contribution in [-0.4, -0.2) is 0 Å². The molecule has 1 aromatic rings. The zero-order valence-corrected chi connectivity index (χ0v) is 12.9. The first kappa shape index (κ1) is 17.1. The monoisotopic (exact) mass is 282 g/mol. The second kappa shape index (κ2) is 9.90. The number of hydrogen-bond acceptors (Lipinski definition) is 0. The van der Waals surface area contributed by atoms with Gasteiger partial charge in [-0.15, -0.1) is 0 Å². The number of hydrogen-bond donors (Lipinski definition) is 0. The topological polar surface area (TPSA) is 0 Å². The Kier molecular flexibility index (Phi) is 8.48. The normalized spacial score (nSPS) is 12.6. The third-order valence-electron chi connectivity index (χ3n) is 3.96. The van der Waals surface area contributed by atoms with Crippen molar-refractivity contribution in [2.75, 3.05) is 0 Å². The zero-order valence-electron chi connectivity index (χ0n) is 12.9. The molecule has 0 saturated carbocycles. The Balaban J connectivity index is 2.64. The van der Waals surface area contributed by atoms with Crippen molar-refractivity contribution in [3.8, 4) is 0 Å². The standard InChI is InChI=1S/C18H28F2/c1-3-5-7-9-11-15(10-8-6-4-2)17-13-12-16(19)14-18(17)20/h12-15H,3-11H2,1-2H3. The van der Waals surface area contributed by atoms with Crippen molar-refractivity contribution in [1.29, 1.82) is 0 Å². The lowest BCUT2D eigenvalue weighted by Crippen LogP contribution is -2.03. The van der Waals surface area contributed by atoms with Crippen LogP contribution in [0.5, 0.6) is 0 Å². The summed E-state index contributed by atoms with van der Waals surface area (Å²) in [5.41, 5.74) is 0.707. The molecule has 1 unspecified atom stereocenters. The highest BCUT2D eigenvalue weighted by atomic mass is 19.1. The molecule has 0 bridgehead atoms. The predicted octanol–water partition coefficient (Wildman–Crippen LogP) is 6.60. The molecule has 0 aliphatic heterocycles. The molecule has 0 nitrogen and oxygen atoms in total. The molecule has 1 atom stereocenters. The second-order valence-corrected chi connectivity index (χ2v) is 5.71. The fourth-order valence-corrected chi connectivity index (χ4v) is 2.75. The van der Waals surface area contributed by atoms with Gasteiger partial charge in [-0.05, 0) is 30.4 Å². The van der Waals surface area contributed by atoms with Gasteiger partial charge in [0.25, 0.3) is 0 Å². The van der Waals surface area contributed by atoms with E-state index in [2.05, 4.69) is 13.8 Å². The largest absolute Gasteiger partial charge is 0.207 e. The molecular formula is C18H28F2. The van der Waals surface area contributed by atoms with Crippen LogP contribution in [0.2, 0.25) is 0 Å². The molecule has 0 amide bonds. The van der Waals surface area contributed by atoms with E-state index >= 15 is 0 Å². The van der Waals surface area contributed by atoms with E-state index in [4.69, 9.17) is 0 Å². The Bertz CT molecular complexity index is 374. The van der Waals surface area contributed by atoms with Crippen LogP contribution in [-0.2, 0) is 0 Å². The molecule has 0 saturated heterocycles. The van der Waals surface area contributed by atoms with Crippen LogP contribution in [0.3, 0.4) is 0 Å². The smallest absolute Gasteiger partial charge is 0.129 e. The van der Waals surface area contributed by atoms with Crippen molar-refractivity contribution in [3.05, 3.63) is 35.4 Å². The van der Waals surface area contributed by atoms with Crippen molar-refractivity contribution in [2.24, 2.45) is 0 Å². The number of rotatable bonds is 10. The van der Waals surface area contributed by atoms with Crippen LogP contribution < -0.4 is 0 Å². The van der Waals surface area contributed by atoms with Crippen molar-refractivity contribution < 1.29 is 8.78 Å². The van der Waals surface area contributed by atoms with Crippen LogP contribution in [0.4, 0.5) is 8.78 Å². The van der Waals surface area contributed by atoms with E-state index in [-0.39, 0.29) is 11.7 Å². The molecule has 1 rings (SSSR count). The first-order valence-electron chi connectivity index (χ1n) is 8.14. The van der Waals surface area contributed by atoms with Crippen LogP contribution in [0, 0.1) is 11.6 Å². The second-order valence-electron chi connectivity index (χ2n) is 5.71. The molecule has 0 spiro atoms. The highest BCUT2D eigenvalue weighted by Crippen LogP contribution is 2.30. The lowest BCUT2D eigenvalue weighted by Gasteiger charge is -2.18. The molecule has 0 aromatic heterocycles. The van der Waals surface area contributed by atoms with Crippen LogP contribution in [0.25, 0.3) is 0 Å². The van der Waals surface area contributed by atoms with Crippen LogP contribution in [0.1, 0.15) is 83.1 Å². The van der Waals surface area contributed by atoms with Crippen molar-refractivity contribution >= 4 is 0 Å². The maximum absolute atomic E-state index is 13.9. The summed E-state index contributed by atoms with van der Waals surface area (Å²) in [5, 5.41) is 0. The van der Waals surface area contributed by atoms with E-state index in [1.54, 1.807) is 6.07 Å². The lowest BCUT2D eigenvalue weighted by molar-refractivity contribution is 0.476. The molecule has 1 aromatic carbocycles. The minimum Gasteiger partial charge on any atom is -0.207 e. The quantitative estimate of drug-likeness (QED) is 0.424. The van der Waals surface area contributed by atoms with Gasteiger partial charge < -0.3 is 0 Å². The van der Waals surface area contributed by atoms with Gasteiger partial charge in [-0.1, -0.05) is 64.9 Å². The van der Waals surface area contributed by atoms with Gasteiger partial charge in [-0.25, -0.2) is 8.78 Å². The van der Waals surface area contributed by atoms with Gasteiger partial charge in [0.15, 0.2) is 0 Å². The summed E-state index contributed by atoms with van der Waals surface area (Å²) in [6.07, 6.45) is 10.3. The number of unbranched alkanes of at least 4 members (excludes halogenated alkanes) is 5. The molecule has 0 N–H and O–H groups in total. The van der Waals surface area contributed by atoms with Crippen LogP contribution >= 0.6 is 0 Å². The van der Waals surface area contributed by atoms with Gasteiger partial charge in [0, 0.05) is 6.07 Å². The first-order chi connectivity index (χ1) is 9.69. The fourth-order valence-electron chi connectivity index (χ4n) is 2.75. The Morgan fingerprint density at radius 1 is 0.850 bits per heavy atom. The van der Waals surface area contributed by atoms with Crippen molar-refractivity contribution in [3.63, 3.8) is 0 Å². The Morgan fingerprint density at radius 3 is 2.05 bits per heavy atom. The van der Waals surface area contributed by atoms with E-state index in [1.165, 1.54) is 38.2 Å². The van der Waals surface area contributed by atoms with Gasteiger partial charge in [0.1, 0.15) is 11.6 Å². The average molecular weight is 282 g/mol. The van der Waals surface area contributed by atoms with E-state index in [0.717, 1.165) is 31.7 Å². The molecule has 0 heterocycles. The lowest BCUT2D eigenvalue weighted by atomic mass is 9.88. The highest BCUT2D eigenvalue weighted by molar-refractivity contribution is 5.22. The predicted molar refractivity (Wildman–Crippen MR) is 82.0 cm³/mol. The molecule has 20 heavy (non-hydrogen) atoms. The summed E-state index contributed by atoms with van der Waals surface area (Å²) in [4.78, 5) is 0. The maximum Gasteiger partial charge on any atom is 0.129 e. The minimum atomic E-state index is -0.482. The van der Waals surface area contributed by atoms with Gasteiger partial charge in [0.05, 0.1) is 0 Å². The van der Waals surface area contributed by atoms with Gasteiger partial charge >= 0.3 is 0 Å². The third-order valence-corrected chi connectivity index (χ3v) is 3.96. The summed E-state index contributed by atoms with van der Waals surface area (Å²) in [5.74, 6) is -0.606. The van der Waals surface area contributed by atoms with E-state index in [0.29, 0.717) is 5.56 Å². The highest BCUT2D eigenvalue weighted by Gasteiger charge is 2.15. The Hall–Kier alpha value is -0.920. The maximum atomic E-state index is 13.9. The molecule has 0 fully saturated rings. The van der Waals surface area contributed by atoms with Crippen LogP contribution in [0.15, 0.2) is 18.2 Å². The summed E-state index contributed by atoms with van der Waals surface area (Å²) in [7, 11) is 0. The van der Waals surface area contributed by atoms with E-state index in [1.807, 2.05) is 0 Å². The summed E-state index contributed by atoms with van der Waals surface area (Å²) in [6, 6.07) is 4.05. The Morgan fingerprint density at radius 2 is 1.45 bits per heavy atom. The summed E-state index contributed by atoms with van der Waals surface area (Å²) < 4.78 is 27.0. The molecule has 2 heteroatoms. The van der Waals surface area contributed by atoms with E-state index in [9.17, 15) is 8.78 Å². The first-order valence-corrected chi connectivity index (χ1v) is 8.14. The third kappa shape index (κ3) is 6.02. The van der Waals surface area contributed by atoms with Gasteiger partial charge in [0.2, 0.25) is 0 Å². The zero-order chi connectivity index (χ0) is 14.8. The van der Waals surface area contributed by atoms with Gasteiger partial charge in [-0.2, -0.15) is 0 Å².